The number of ether oxygens (including phenoxy) is 1. The lowest BCUT2D eigenvalue weighted by Gasteiger charge is -1.99. The number of carboxylic acid groups (broad SMARTS) is 1. The van der Waals surface area contributed by atoms with Crippen molar-refractivity contribution in [3.8, 4) is 11.5 Å². The van der Waals surface area contributed by atoms with Crippen LogP contribution in [0.25, 0.3) is 0 Å². The molecule has 8 heteroatoms. The number of rotatable bonds is 2. The number of hydrogen-bond donors (Lipinski definition) is 4. The summed E-state index contributed by atoms with van der Waals surface area (Å²) < 4.78 is 6.40. The largest absolute Gasteiger partial charge is 0.508 e. The van der Waals surface area contributed by atoms with Gasteiger partial charge in [0, 0.05) is 27.7 Å². The molecule has 1 fully saturated rings. The Kier molecular flexibility index (Phi) is 12.7. The summed E-state index contributed by atoms with van der Waals surface area (Å²) in [4.78, 5) is 10.4. The molecule has 1 aliphatic heterocycles. The summed E-state index contributed by atoms with van der Waals surface area (Å²) in [5, 5.41) is 35.3. The summed E-state index contributed by atoms with van der Waals surface area (Å²) in [5.41, 5.74) is 0.455. The van der Waals surface area contributed by atoms with E-state index in [1.165, 1.54) is 25.0 Å². The number of aliphatic hydroxyl groups is 1. The van der Waals surface area contributed by atoms with Crippen molar-refractivity contribution in [2.75, 3.05) is 13.2 Å². The number of carbonyl (C=O) groups is 1. The number of aromatic carboxylic acids is 1. The SMILES string of the molecule is C.C1CCOC1.O=C(O)c1ccc(Br)cc1O.OCc1ccc(Br)cc1O. The number of hydrogen-bond acceptors (Lipinski definition) is 5. The first-order valence-corrected chi connectivity index (χ1v) is 9.31. The molecule has 0 unspecified atom stereocenters. The van der Waals surface area contributed by atoms with Gasteiger partial charge in [-0.05, 0) is 43.2 Å². The Bertz CT molecular complexity index is 710. The summed E-state index contributed by atoms with van der Waals surface area (Å²) in [6, 6.07) is 9.21. The summed E-state index contributed by atoms with van der Waals surface area (Å²) in [6.45, 7) is 1.87. The van der Waals surface area contributed by atoms with E-state index in [-0.39, 0.29) is 31.1 Å². The van der Waals surface area contributed by atoms with Gasteiger partial charge in [0.1, 0.15) is 17.1 Å². The van der Waals surface area contributed by atoms with Crippen LogP contribution in [0.2, 0.25) is 0 Å². The van der Waals surface area contributed by atoms with Crippen LogP contribution in [0.5, 0.6) is 11.5 Å². The van der Waals surface area contributed by atoms with E-state index in [4.69, 9.17) is 25.2 Å². The zero-order valence-electron chi connectivity index (χ0n) is 13.9. The van der Waals surface area contributed by atoms with Gasteiger partial charge in [-0.1, -0.05) is 45.4 Å². The topological polar surface area (TPSA) is 107 Å². The van der Waals surface area contributed by atoms with Crippen molar-refractivity contribution in [2.24, 2.45) is 0 Å². The Hall–Kier alpha value is -1.61. The minimum Gasteiger partial charge on any atom is -0.508 e. The predicted octanol–water partition coefficient (Wildman–Crippen LogP) is 4.93. The minimum absolute atomic E-state index is 0. The van der Waals surface area contributed by atoms with Gasteiger partial charge in [-0.3, -0.25) is 0 Å². The number of benzene rings is 2. The van der Waals surface area contributed by atoms with Crippen LogP contribution < -0.4 is 0 Å². The maximum atomic E-state index is 10.4. The van der Waals surface area contributed by atoms with Crippen molar-refractivity contribution in [1.29, 1.82) is 0 Å². The molecule has 2 aromatic carbocycles. The average molecular weight is 508 g/mol. The Balaban J connectivity index is 0.000000391. The second-order valence-electron chi connectivity index (χ2n) is 5.22. The molecule has 1 saturated heterocycles. The molecule has 0 bridgehead atoms. The lowest BCUT2D eigenvalue weighted by molar-refractivity contribution is 0.0693. The third kappa shape index (κ3) is 9.76. The number of halogens is 2. The van der Waals surface area contributed by atoms with Gasteiger partial charge in [0.05, 0.1) is 6.61 Å². The second kappa shape index (κ2) is 13.5. The van der Waals surface area contributed by atoms with Crippen LogP contribution in [-0.2, 0) is 11.3 Å². The Labute approximate surface area is 175 Å². The van der Waals surface area contributed by atoms with Gasteiger partial charge in [0.15, 0.2) is 0 Å². The van der Waals surface area contributed by atoms with E-state index in [1.54, 1.807) is 24.3 Å². The third-order valence-corrected chi connectivity index (χ3v) is 4.22. The standard InChI is InChI=1S/C7H5BrO3.C7H7BrO2.C4H8O.CH4/c8-4-1-2-5(7(10)11)6(9)3-4;8-6-2-1-5(4-9)7(10)3-6;1-2-4-5-3-1;/h1-3,9H,(H,10,11);1-3,9-10H,4H2;1-4H2;1H4. The number of aromatic hydroxyl groups is 2. The maximum absolute atomic E-state index is 10.4. The fraction of sp³-hybridized carbons (Fsp3) is 0.316. The zero-order chi connectivity index (χ0) is 19.5. The van der Waals surface area contributed by atoms with E-state index in [2.05, 4.69) is 31.9 Å². The number of carboxylic acids is 1. The highest BCUT2D eigenvalue weighted by Crippen LogP contribution is 2.22. The molecule has 6 nitrogen and oxygen atoms in total. The van der Waals surface area contributed by atoms with Crippen LogP contribution in [-0.4, -0.2) is 39.6 Å². The molecule has 1 heterocycles. The van der Waals surface area contributed by atoms with Gasteiger partial charge in [-0.15, -0.1) is 0 Å². The van der Waals surface area contributed by atoms with Crippen molar-refractivity contribution < 1.29 is 30.0 Å². The van der Waals surface area contributed by atoms with Gasteiger partial charge < -0.3 is 25.2 Å². The smallest absolute Gasteiger partial charge is 0.339 e. The maximum Gasteiger partial charge on any atom is 0.339 e. The molecule has 2 aromatic rings. The highest BCUT2D eigenvalue weighted by Gasteiger charge is 2.07. The highest BCUT2D eigenvalue weighted by atomic mass is 79.9. The van der Waals surface area contributed by atoms with Gasteiger partial charge in [-0.25, -0.2) is 4.79 Å². The van der Waals surface area contributed by atoms with Gasteiger partial charge >= 0.3 is 5.97 Å². The van der Waals surface area contributed by atoms with E-state index in [0.29, 0.717) is 10.0 Å². The Morgan fingerprint density at radius 2 is 1.48 bits per heavy atom. The summed E-state index contributed by atoms with van der Waals surface area (Å²) in [6.07, 6.45) is 2.56. The van der Waals surface area contributed by atoms with E-state index in [9.17, 15) is 4.79 Å². The molecule has 27 heavy (non-hydrogen) atoms. The summed E-state index contributed by atoms with van der Waals surface area (Å²) in [7, 11) is 0. The van der Waals surface area contributed by atoms with Crippen LogP contribution in [0.4, 0.5) is 0 Å². The first-order chi connectivity index (χ1) is 12.3. The molecule has 0 aromatic heterocycles. The van der Waals surface area contributed by atoms with Crippen molar-refractivity contribution in [1.82, 2.24) is 0 Å². The molecule has 0 spiro atoms. The monoisotopic (exact) mass is 506 g/mol. The number of phenols is 2. The van der Waals surface area contributed by atoms with Crippen molar-refractivity contribution in [3.63, 3.8) is 0 Å². The van der Waals surface area contributed by atoms with E-state index in [1.807, 2.05) is 0 Å². The normalized spacial score (nSPS) is 12.0. The van der Waals surface area contributed by atoms with E-state index in [0.717, 1.165) is 17.7 Å². The molecular weight excluding hydrogens is 484 g/mol. The summed E-state index contributed by atoms with van der Waals surface area (Å²) >= 11 is 6.28. The molecular formula is C19H24Br2O6. The lowest BCUT2D eigenvalue weighted by Crippen LogP contribution is -1.95. The molecule has 0 radical (unpaired) electrons. The molecule has 0 aliphatic carbocycles. The van der Waals surface area contributed by atoms with Crippen LogP contribution >= 0.6 is 31.9 Å². The molecule has 0 atom stereocenters. The fourth-order valence-corrected chi connectivity index (χ4v) is 2.56. The number of aliphatic hydroxyl groups excluding tert-OH is 1. The Morgan fingerprint density at radius 3 is 1.85 bits per heavy atom. The first kappa shape index (κ1) is 25.4. The van der Waals surface area contributed by atoms with Gasteiger partial charge in [-0.2, -0.15) is 0 Å². The second-order valence-corrected chi connectivity index (χ2v) is 7.05. The molecule has 4 N–H and O–H groups in total. The van der Waals surface area contributed by atoms with E-state index >= 15 is 0 Å². The van der Waals surface area contributed by atoms with Crippen LogP contribution in [0.1, 0.15) is 36.2 Å². The van der Waals surface area contributed by atoms with Crippen molar-refractivity contribution in [3.05, 3.63) is 56.5 Å². The van der Waals surface area contributed by atoms with Crippen molar-refractivity contribution >= 4 is 37.8 Å². The van der Waals surface area contributed by atoms with Crippen LogP contribution in [0.15, 0.2) is 45.3 Å². The average Bonchev–Trinajstić information content (AvgIpc) is 3.15. The fourth-order valence-electron chi connectivity index (χ4n) is 1.87. The zero-order valence-corrected chi connectivity index (χ0v) is 17.0. The molecule has 150 valence electrons. The van der Waals surface area contributed by atoms with Gasteiger partial charge in [0.25, 0.3) is 0 Å². The highest BCUT2D eigenvalue weighted by molar-refractivity contribution is 9.10. The van der Waals surface area contributed by atoms with Gasteiger partial charge in [0.2, 0.25) is 0 Å². The minimum atomic E-state index is -1.13. The Morgan fingerprint density at radius 1 is 0.963 bits per heavy atom. The molecule has 3 rings (SSSR count). The quantitative estimate of drug-likeness (QED) is 0.459. The van der Waals surface area contributed by atoms with Crippen LogP contribution in [0.3, 0.4) is 0 Å². The predicted molar refractivity (Wildman–Crippen MR) is 111 cm³/mol. The molecule has 0 saturated carbocycles. The van der Waals surface area contributed by atoms with Crippen LogP contribution in [0, 0.1) is 0 Å². The van der Waals surface area contributed by atoms with E-state index < -0.39 is 5.97 Å². The third-order valence-electron chi connectivity index (χ3n) is 3.24. The lowest BCUT2D eigenvalue weighted by atomic mass is 10.2. The molecule has 0 amide bonds. The summed E-state index contributed by atoms with van der Waals surface area (Å²) in [5.74, 6) is -1.24. The van der Waals surface area contributed by atoms with Crippen molar-refractivity contribution in [2.45, 2.75) is 26.9 Å². The first-order valence-electron chi connectivity index (χ1n) is 7.73. The molecule has 1 aliphatic rings.